The lowest BCUT2D eigenvalue weighted by atomic mass is 10.1. The summed E-state index contributed by atoms with van der Waals surface area (Å²) >= 11 is 6.72. The average molecular weight is 1160 g/mol. The van der Waals surface area contributed by atoms with E-state index in [1.165, 1.54) is 0 Å². The number of nitrogens with one attached hydrogen (secondary N) is 1. The molecule has 0 aliphatic carbocycles. The van der Waals surface area contributed by atoms with Crippen molar-refractivity contribution in [3.05, 3.63) is 113 Å². The van der Waals surface area contributed by atoms with Crippen LogP contribution in [0.15, 0.2) is 102 Å². The first kappa shape index (κ1) is 59.5. The van der Waals surface area contributed by atoms with Gasteiger partial charge in [-0.2, -0.15) is 0 Å². The van der Waals surface area contributed by atoms with Crippen molar-refractivity contribution in [3.63, 3.8) is 0 Å². The largest absolute Gasteiger partial charge is 0.480 e. The molecule has 0 atom stereocenters. The van der Waals surface area contributed by atoms with Crippen molar-refractivity contribution in [2.45, 2.75) is 91.9 Å². The second kappa shape index (κ2) is 29.2. The number of imidazole rings is 2. The van der Waals surface area contributed by atoms with Gasteiger partial charge in [-0.25, -0.2) is 9.97 Å². The van der Waals surface area contributed by atoms with Crippen LogP contribution in [0.4, 0.5) is 5.69 Å². The summed E-state index contributed by atoms with van der Waals surface area (Å²) < 4.78 is 7.47. The number of carboxylic acid groups (broad SMARTS) is 1. The van der Waals surface area contributed by atoms with E-state index in [0.29, 0.717) is 19.3 Å². The number of aliphatic carboxylic acids is 1. The van der Waals surface area contributed by atoms with Crippen LogP contribution in [0.1, 0.15) is 113 Å². The molecule has 78 heavy (non-hydrogen) atoms. The van der Waals surface area contributed by atoms with Gasteiger partial charge in [-0.15, -0.1) is 0 Å². The van der Waals surface area contributed by atoms with E-state index in [9.17, 15) is 24.0 Å². The predicted octanol–water partition coefficient (Wildman–Crippen LogP) is 12.2. The number of hydrogen-bond donors (Lipinski definition) is 2. The molecule has 10 rings (SSSR count). The summed E-state index contributed by atoms with van der Waals surface area (Å²) in [7, 11) is 3.43. The number of benzene rings is 4. The quantitative estimate of drug-likeness (QED) is 0.0519. The summed E-state index contributed by atoms with van der Waals surface area (Å²) in [4.78, 5) is 77.1. The molecule has 2 N–H and O–H groups in total. The molecule has 2 fully saturated rings. The molecule has 2 saturated heterocycles. The molecule has 2 aliphatic heterocycles. The van der Waals surface area contributed by atoms with E-state index in [4.69, 9.17) is 15.1 Å². The molecule has 8 aromatic rings. The average Bonchev–Trinajstić information content (AvgIpc) is 4.38. The Morgan fingerprint density at radius 1 is 0.654 bits per heavy atom. The molecule has 15 nitrogen and oxygen atoms in total. The highest BCUT2D eigenvalue weighted by molar-refractivity contribution is 9.10. The molecular formula is C60H74BrN9O6S2. The number of aromatic nitrogens is 4. The summed E-state index contributed by atoms with van der Waals surface area (Å²) in [5.41, 5.74) is 8.72. The van der Waals surface area contributed by atoms with E-state index in [1.807, 2.05) is 71.6 Å². The van der Waals surface area contributed by atoms with Gasteiger partial charge in [0, 0.05) is 83.6 Å². The van der Waals surface area contributed by atoms with E-state index in [2.05, 4.69) is 98.1 Å². The van der Waals surface area contributed by atoms with Crippen LogP contribution in [-0.4, -0.2) is 141 Å². The van der Waals surface area contributed by atoms with Crippen molar-refractivity contribution >= 4 is 104 Å². The van der Waals surface area contributed by atoms with Crippen LogP contribution in [0.25, 0.3) is 52.9 Å². The minimum absolute atomic E-state index is 0.111. The zero-order valence-corrected chi connectivity index (χ0v) is 49.2. The van der Waals surface area contributed by atoms with Crippen LogP contribution in [0.3, 0.4) is 0 Å². The number of fused-ring (bicyclic) bond motifs is 6. The lowest BCUT2D eigenvalue weighted by Gasteiger charge is -2.17. The van der Waals surface area contributed by atoms with Gasteiger partial charge in [-0.3, -0.25) is 37.7 Å². The third-order valence-electron chi connectivity index (χ3n) is 13.9. The van der Waals surface area contributed by atoms with Crippen LogP contribution in [0.2, 0.25) is 0 Å². The Labute approximate surface area is 474 Å². The van der Waals surface area contributed by atoms with E-state index in [-0.39, 0.29) is 29.9 Å². The molecule has 2 amide bonds. The molecule has 18 heteroatoms. The summed E-state index contributed by atoms with van der Waals surface area (Å²) in [5, 5.41) is 10.7. The summed E-state index contributed by atoms with van der Waals surface area (Å²) in [6.07, 6.45) is 12.7. The molecule has 0 bridgehead atoms. The molecule has 6 heterocycles. The minimum Gasteiger partial charge on any atom is -0.480 e. The summed E-state index contributed by atoms with van der Waals surface area (Å²) in [6, 6.07) is 28.3. The Bertz CT molecular complexity index is 3270. The van der Waals surface area contributed by atoms with E-state index in [1.54, 1.807) is 41.7 Å². The van der Waals surface area contributed by atoms with E-state index >= 15 is 0 Å². The Morgan fingerprint density at radius 3 is 1.51 bits per heavy atom. The maximum absolute atomic E-state index is 12.8. The van der Waals surface area contributed by atoms with Crippen molar-refractivity contribution in [3.8, 4) is 22.5 Å². The molecule has 414 valence electrons. The zero-order chi connectivity index (χ0) is 55.7. The van der Waals surface area contributed by atoms with Gasteiger partial charge in [0.25, 0.3) is 0 Å². The number of thiazole rings is 2. The molecule has 4 aromatic heterocycles. The summed E-state index contributed by atoms with van der Waals surface area (Å²) in [6.45, 7) is 16.9. The number of rotatable bonds is 21. The van der Waals surface area contributed by atoms with E-state index < -0.39 is 5.97 Å². The van der Waals surface area contributed by atoms with Gasteiger partial charge >= 0.3 is 5.97 Å². The van der Waals surface area contributed by atoms with Crippen molar-refractivity contribution in [2.75, 3.05) is 77.9 Å². The number of unbranched alkanes of at least 4 members (excludes halogenated alkanes) is 2. The smallest absolute Gasteiger partial charge is 0.317 e. The fourth-order valence-electron chi connectivity index (χ4n) is 9.43. The first-order valence-electron chi connectivity index (χ1n) is 27.3. The number of Topliss-reactive ketones (excluding diaryl/α,β-unsaturated/α-hetero) is 2. The highest BCUT2D eigenvalue weighted by Gasteiger charge is 2.22. The Hall–Kier alpha value is -6.15. The highest BCUT2D eigenvalue weighted by atomic mass is 79.9. The molecule has 0 unspecified atom stereocenters. The van der Waals surface area contributed by atoms with Gasteiger partial charge in [0.15, 0.2) is 21.5 Å². The van der Waals surface area contributed by atoms with Crippen LogP contribution < -0.4 is 10.2 Å². The maximum Gasteiger partial charge on any atom is 0.317 e. The second-order valence-corrected chi connectivity index (χ2v) is 22.7. The lowest BCUT2D eigenvalue weighted by molar-refractivity contribution is -0.137. The van der Waals surface area contributed by atoms with Crippen LogP contribution >= 0.6 is 38.6 Å². The number of nitrogens with zero attached hydrogens (tertiary/aromatic N) is 8. The molecule has 0 spiro atoms. The Morgan fingerprint density at radius 2 is 1.14 bits per heavy atom. The first-order valence-corrected chi connectivity index (χ1v) is 29.7. The SMILES string of the molecule is CCN(CC)CCCCC(=O)c1ccc2c(c1)sc1nc(-c3ccc(Br)cc3)cn12.CCN(CC)CCCCC(=O)c1ccc2c(c1)sc1nc(-c3ccc(N4CCCC4=O)cc3)cn12.CN(C)CC(=O)O.O=C1CCCN1. The zero-order valence-electron chi connectivity index (χ0n) is 45.9. The lowest BCUT2D eigenvalue weighted by Crippen LogP contribution is -2.24. The number of hydrogen-bond acceptors (Lipinski definition) is 12. The monoisotopic (exact) mass is 1160 g/mol. The van der Waals surface area contributed by atoms with Crippen molar-refractivity contribution in [1.82, 2.24) is 38.8 Å². The summed E-state index contributed by atoms with van der Waals surface area (Å²) in [5.74, 6) is 0.0667. The van der Waals surface area contributed by atoms with Gasteiger partial charge in [0.2, 0.25) is 11.8 Å². The predicted molar refractivity (Wildman–Crippen MR) is 322 cm³/mol. The standard InChI is InChI=1S/C28H32N4O2S.C24H26BrN3OS.C4H9NO2.C4H7NO/c1-3-30(4-2)16-6-5-8-25(33)21-12-15-24-26(18-21)35-28-29-23(19-32(24)28)20-10-13-22(14-11-20)31-17-7-9-27(31)34;1-3-27(4-2)14-6-5-7-22(29)18-10-13-21-23(15-18)30-24-26-20(16-28(21)24)17-8-11-19(25)12-9-17;1-5(2)3-4(6)7;6-4-2-1-3-5-4/h10-15,18-19H,3-9,16-17H2,1-2H3;8-13,15-16H,3-7,14H2,1-2H3;3H2,1-2H3,(H,6,7);1-3H2,(H,5,6). The van der Waals surface area contributed by atoms with Crippen LogP contribution in [-0.2, 0) is 14.4 Å². The third-order valence-corrected chi connectivity index (χ3v) is 16.5. The van der Waals surface area contributed by atoms with Gasteiger partial charge in [-0.05, 0) is 153 Å². The van der Waals surface area contributed by atoms with Crippen LogP contribution in [0.5, 0.6) is 0 Å². The normalized spacial score (nSPS) is 13.3. The van der Waals surface area contributed by atoms with Gasteiger partial charge in [-0.1, -0.05) is 90.6 Å². The number of carboxylic acids is 1. The van der Waals surface area contributed by atoms with Gasteiger partial charge < -0.3 is 25.1 Å². The van der Waals surface area contributed by atoms with Gasteiger partial charge in [0.1, 0.15) is 0 Å². The number of likely N-dealkylation sites (N-methyl/N-ethyl adjacent to an activating group) is 1. The molecule has 0 radical (unpaired) electrons. The molecule has 4 aromatic carbocycles. The number of carbonyl (C=O) groups excluding carboxylic acids is 4. The Kier molecular flexibility index (Phi) is 22.3. The first-order chi connectivity index (χ1) is 37.7. The third kappa shape index (κ3) is 16.2. The molecule has 0 saturated carbocycles. The van der Waals surface area contributed by atoms with Crippen LogP contribution in [0, 0.1) is 0 Å². The van der Waals surface area contributed by atoms with Crippen molar-refractivity contribution < 1.29 is 29.1 Å². The van der Waals surface area contributed by atoms with E-state index in [0.717, 1.165) is 171 Å². The van der Waals surface area contributed by atoms with Gasteiger partial charge in [0.05, 0.1) is 38.4 Å². The fourth-order valence-corrected chi connectivity index (χ4v) is 11.8. The maximum atomic E-state index is 12.8. The molecular weight excluding hydrogens is 1090 g/mol. The van der Waals surface area contributed by atoms with Crippen molar-refractivity contribution in [2.24, 2.45) is 0 Å². The number of anilines is 1. The Balaban J connectivity index is 0.000000185. The number of carbonyl (C=O) groups is 5. The number of amides is 2. The van der Waals surface area contributed by atoms with Crippen molar-refractivity contribution in [1.29, 1.82) is 0 Å². The topological polar surface area (TPSA) is 165 Å². The minimum atomic E-state index is -0.787. The number of ketones is 2. The second-order valence-electron chi connectivity index (χ2n) is 19.7. The fraction of sp³-hybridized carbons (Fsp3) is 0.417. The molecule has 2 aliphatic rings. The highest BCUT2D eigenvalue weighted by Crippen LogP contribution is 2.33. The number of halogens is 1.